The van der Waals surface area contributed by atoms with Gasteiger partial charge in [-0.25, -0.2) is 0 Å². The van der Waals surface area contributed by atoms with E-state index < -0.39 is 5.41 Å². The predicted molar refractivity (Wildman–Crippen MR) is 92.8 cm³/mol. The Bertz CT molecular complexity index is 894. The molecule has 0 amide bonds. The van der Waals surface area contributed by atoms with Gasteiger partial charge >= 0.3 is 5.97 Å². The van der Waals surface area contributed by atoms with Crippen LogP contribution in [-0.2, 0) is 4.79 Å². The molecule has 3 aromatic carbocycles. The third-order valence-electron chi connectivity index (χ3n) is 4.40. The van der Waals surface area contributed by atoms with E-state index in [1.54, 1.807) is 18.2 Å². The number of phenols is 1. The van der Waals surface area contributed by atoms with Crippen molar-refractivity contribution in [3.05, 3.63) is 48.5 Å². The van der Waals surface area contributed by atoms with E-state index in [-0.39, 0.29) is 11.7 Å². The summed E-state index contributed by atoms with van der Waals surface area (Å²) in [7, 11) is 0. The molecule has 3 nitrogen and oxygen atoms in total. The number of aromatic hydroxyl groups is 1. The van der Waals surface area contributed by atoms with Crippen molar-refractivity contribution in [1.29, 1.82) is 0 Å². The molecule has 0 heterocycles. The number of benzene rings is 3. The summed E-state index contributed by atoms with van der Waals surface area (Å²) in [6.45, 7) is 5.75. The van der Waals surface area contributed by atoms with Gasteiger partial charge in [0.15, 0.2) is 0 Å². The van der Waals surface area contributed by atoms with Crippen molar-refractivity contribution in [3.63, 3.8) is 0 Å². The molecule has 0 spiro atoms. The molecule has 118 valence electrons. The number of hydrogen-bond donors (Lipinski definition) is 1. The van der Waals surface area contributed by atoms with Gasteiger partial charge in [0, 0.05) is 0 Å². The summed E-state index contributed by atoms with van der Waals surface area (Å²) >= 11 is 0. The summed E-state index contributed by atoms with van der Waals surface area (Å²) in [5, 5.41) is 13.6. The summed E-state index contributed by atoms with van der Waals surface area (Å²) < 4.78 is 5.53. The van der Waals surface area contributed by atoms with Crippen LogP contribution in [0.25, 0.3) is 21.5 Å². The van der Waals surface area contributed by atoms with Gasteiger partial charge in [-0.15, -0.1) is 0 Å². The molecule has 3 aromatic rings. The molecule has 0 aliphatic heterocycles. The second-order valence-corrected chi connectivity index (χ2v) is 6.52. The van der Waals surface area contributed by atoms with Crippen LogP contribution in [0, 0.1) is 5.41 Å². The minimum Gasteiger partial charge on any atom is -0.508 e. The van der Waals surface area contributed by atoms with Crippen molar-refractivity contribution in [2.45, 2.75) is 27.2 Å². The second-order valence-electron chi connectivity index (χ2n) is 6.52. The van der Waals surface area contributed by atoms with Gasteiger partial charge in [0.1, 0.15) is 11.5 Å². The molecule has 0 aliphatic rings. The van der Waals surface area contributed by atoms with Gasteiger partial charge < -0.3 is 9.84 Å². The van der Waals surface area contributed by atoms with Crippen LogP contribution in [0.3, 0.4) is 0 Å². The number of phenolic OH excluding ortho intramolecular Hbond substituents is 1. The molecule has 0 atom stereocenters. The molecule has 3 rings (SSSR count). The fourth-order valence-electron chi connectivity index (χ4n) is 2.42. The Labute approximate surface area is 135 Å². The van der Waals surface area contributed by atoms with E-state index in [9.17, 15) is 9.90 Å². The van der Waals surface area contributed by atoms with E-state index in [1.807, 2.05) is 51.1 Å². The summed E-state index contributed by atoms with van der Waals surface area (Å²) in [6.07, 6.45) is 0.730. The van der Waals surface area contributed by atoms with E-state index in [4.69, 9.17) is 4.74 Å². The van der Waals surface area contributed by atoms with Gasteiger partial charge in [0.2, 0.25) is 0 Å². The van der Waals surface area contributed by atoms with Crippen LogP contribution in [0.5, 0.6) is 11.5 Å². The molecule has 1 N–H and O–H groups in total. The van der Waals surface area contributed by atoms with Crippen molar-refractivity contribution in [2.75, 3.05) is 0 Å². The lowest BCUT2D eigenvalue weighted by atomic mass is 9.91. The zero-order chi connectivity index (χ0) is 16.6. The largest absolute Gasteiger partial charge is 0.508 e. The van der Waals surface area contributed by atoms with Gasteiger partial charge in [0.25, 0.3) is 0 Å². The molecule has 0 aliphatic carbocycles. The average molecular weight is 308 g/mol. The van der Waals surface area contributed by atoms with Gasteiger partial charge in [-0.1, -0.05) is 19.1 Å². The highest BCUT2D eigenvalue weighted by atomic mass is 16.5. The standard InChI is InChI=1S/C20H20O3/c1-4-20(2,3)19(22)23-18-8-6-14-9-15-11-17(21)7-5-13(15)10-16(14)12-18/h5-12,21H,4H2,1-3H3. The van der Waals surface area contributed by atoms with Crippen LogP contribution >= 0.6 is 0 Å². The van der Waals surface area contributed by atoms with E-state index >= 15 is 0 Å². The average Bonchev–Trinajstić information content (AvgIpc) is 2.53. The molecule has 23 heavy (non-hydrogen) atoms. The van der Waals surface area contributed by atoms with Crippen LogP contribution < -0.4 is 4.74 Å². The Morgan fingerprint density at radius 1 is 0.957 bits per heavy atom. The van der Waals surface area contributed by atoms with E-state index in [0.29, 0.717) is 5.75 Å². The van der Waals surface area contributed by atoms with Crippen molar-refractivity contribution in [1.82, 2.24) is 0 Å². The first-order chi connectivity index (χ1) is 10.9. The zero-order valence-electron chi connectivity index (χ0n) is 13.6. The van der Waals surface area contributed by atoms with Crippen molar-refractivity contribution in [3.8, 4) is 11.5 Å². The first kappa shape index (κ1) is 15.3. The van der Waals surface area contributed by atoms with Gasteiger partial charge in [0.05, 0.1) is 5.41 Å². The van der Waals surface area contributed by atoms with Crippen molar-refractivity contribution < 1.29 is 14.6 Å². The first-order valence-electron chi connectivity index (χ1n) is 7.78. The summed E-state index contributed by atoms with van der Waals surface area (Å²) in [4.78, 5) is 12.2. The minimum absolute atomic E-state index is 0.218. The maximum Gasteiger partial charge on any atom is 0.316 e. The third kappa shape index (κ3) is 3.00. The molecular formula is C20H20O3. The highest BCUT2D eigenvalue weighted by Gasteiger charge is 2.27. The van der Waals surface area contributed by atoms with Crippen molar-refractivity contribution in [2.24, 2.45) is 5.41 Å². The van der Waals surface area contributed by atoms with Crippen LogP contribution in [0.15, 0.2) is 48.5 Å². The molecule has 0 unspecified atom stereocenters. The molecular weight excluding hydrogens is 288 g/mol. The number of hydrogen-bond acceptors (Lipinski definition) is 3. The fraction of sp³-hybridized carbons (Fsp3) is 0.250. The maximum absolute atomic E-state index is 12.2. The number of esters is 1. The van der Waals surface area contributed by atoms with E-state index in [0.717, 1.165) is 28.0 Å². The van der Waals surface area contributed by atoms with E-state index in [1.165, 1.54) is 0 Å². The predicted octanol–water partition coefficient (Wildman–Crippen LogP) is 5.04. The lowest BCUT2D eigenvalue weighted by Crippen LogP contribution is -2.28. The van der Waals surface area contributed by atoms with Gasteiger partial charge in [-0.2, -0.15) is 0 Å². The minimum atomic E-state index is -0.490. The lowest BCUT2D eigenvalue weighted by Gasteiger charge is -2.20. The third-order valence-corrected chi connectivity index (χ3v) is 4.40. The number of rotatable bonds is 3. The summed E-state index contributed by atoms with van der Waals surface area (Å²) in [6, 6.07) is 15.0. The Morgan fingerprint density at radius 3 is 2.22 bits per heavy atom. The molecule has 0 bridgehead atoms. The monoisotopic (exact) mass is 308 g/mol. The quantitative estimate of drug-likeness (QED) is 0.419. The molecule has 0 radical (unpaired) electrons. The maximum atomic E-state index is 12.2. The normalized spacial score (nSPS) is 11.8. The number of carbonyl (C=O) groups is 1. The van der Waals surface area contributed by atoms with Crippen LogP contribution in [-0.4, -0.2) is 11.1 Å². The molecule has 0 saturated carbocycles. The topological polar surface area (TPSA) is 46.5 Å². The SMILES string of the molecule is CCC(C)(C)C(=O)Oc1ccc2cc3cc(O)ccc3cc2c1. The Balaban J connectivity index is 2.00. The molecule has 0 aromatic heterocycles. The lowest BCUT2D eigenvalue weighted by molar-refractivity contribution is -0.144. The zero-order valence-corrected chi connectivity index (χ0v) is 13.6. The van der Waals surface area contributed by atoms with Crippen LogP contribution in [0.2, 0.25) is 0 Å². The van der Waals surface area contributed by atoms with Gasteiger partial charge in [-0.3, -0.25) is 4.79 Å². The Morgan fingerprint density at radius 2 is 1.57 bits per heavy atom. The number of fused-ring (bicyclic) bond motifs is 2. The van der Waals surface area contributed by atoms with Crippen molar-refractivity contribution >= 4 is 27.5 Å². The Kier molecular flexibility index (Phi) is 3.72. The fourth-order valence-corrected chi connectivity index (χ4v) is 2.42. The van der Waals surface area contributed by atoms with Gasteiger partial charge in [-0.05, 0) is 78.2 Å². The highest BCUT2D eigenvalue weighted by Crippen LogP contribution is 2.29. The highest BCUT2D eigenvalue weighted by molar-refractivity contribution is 5.99. The van der Waals surface area contributed by atoms with Crippen LogP contribution in [0.1, 0.15) is 27.2 Å². The first-order valence-corrected chi connectivity index (χ1v) is 7.78. The number of carbonyl (C=O) groups excluding carboxylic acids is 1. The van der Waals surface area contributed by atoms with E-state index in [2.05, 4.69) is 0 Å². The smallest absolute Gasteiger partial charge is 0.316 e. The number of ether oxygens (including phenoxy) is 1. The second kappa shape index (κ2) is 5.58. The summed E-state index contributed by atoms with van der Waals surface area (Å²) in [5.74, 6) is 0.594. The molecule has 0 saturated heterocycles. The molecule has 0 fully saturated rings. The molecule has 3 heteroatoms. The Hall–Kier alpha value is -2.55. The summed E-state index contributed by atoms with van der Waals surface area (Å²) in [5.41, 5.74) is -0.490. The van der Waals surface area contributed by atoms with Crippen LogP contribution in [0.4, 0.5) is 0 Å².